The molecule has 2 nitrogen and oxygen atoms in total. The quantitative estimate of drug-likeness (QED) is 0.663. The average Bonchev–Trinajstić information content (AvgIpc) is 2.88. The lowest BCUT2D eigenvalue weighted by atomic mass is 10.0. The van der Waals surface area contributed by atoms with E-state index in [1.807, 2.05) is 30.3 Å². The largest absolute Gasteiger partial charge is 0.441 e. The highest BCUT2D eigenvalue weighted by atomic mass is 16.3. The molecule has 0 aliphatic carbocycles. The number of fused-ring (bicyclic) bond motifs is 1. The molecule has 0 unspecified atom stereocenters. The average molecular weight is 251 g/mol. The van der Waals surface area contributed by atoms with Gasteiger partial charge < -0.3 is 4.42 Å². The summed E-state index contributed by atoms with van der Waals surface area (Å²) in [7, 11) is 0. The molecule has 0 saturated heterocycles. The maximum atomic E-state index is 5.82. The van der Waals surface area contributed by atoms with Gasteiger partial charge in [-0.2, -0.15) is 0 Å². The molecule has 2 aromatic carbocycles. The fourth-order valence-electron chi connectivity index (χ4n) is 2.28. The van der Waals surface area contributed by atoms with Crippen LogP contribution in [0.3, 0.4) is 0 Å². The molecule has 3 rings (SSSR count). The van der Waals surface area contributed by atoms with Gasteiger partial charge in [0, 0.05) is 12.0 Å². The Kier molecular flexibility index (Phi) is 3.32. The molecular formula is C17H17NO. The van der Waals surface area contributed by atoms with E-state index in [2.05, 4.69) is 30.1 Å². The summed E-state index contributed by atoms with van der Waals surface area (Å²) in [5, 5.41) is 0. The van der Waals surface area contributed by atoms with Gasteiger partial charge in [-0.1, -0.05) is 55.8 Å². The minimum Gasteiger partial charge on any atom is -0.441 e. The Bertz CT molecular complexity index is 670. The fraction of sp³-hybridized carbons (Fsp3) is 0.235. The van der Waals surface area contributed by atoms with Crippen molar-refractivity contribution in [2.45, 2.75) is 26.2 Å². The lowest BCUT2D eigenvalue weighted by Gasteiger charge is -2.00. The summed E-state index contributed by atoms with van der Waals surface area (Å²) in [6, 6.07) is 16.5. The zero-order chi connectivity index (χ0) is 13.1. The lowest BCUT2D eigenvalue weighted by molar-refractivity contribution is 0.517. The van der Waals surface area contributed by atoms with Crippen molar-refractivity contribution in [1.82, 2.24) is 4.98 Å². The van der Waals surface area contributed by atoms with E-state index in [0.29, 0.717) is 0 Å². The SMILES string of the molecule is CCCCc1nc2c(-c3ccccc3)cccc2o1. The normalized spacial score (nSPS) is 11.0. The Labute approximate surface area is 113 Å². The highest BCUT2D eigenvalue weighted by Gasteiger charge is 2.10. The molecule has 0 aliphatic heterocycles. The molecule has 0 radical (unpaired) electrons. The highest BCUT2D eigenvalue weighted by molar-refractivity contribution is 5.90. The number of aromatic nitrogens is 1. The van der Waals surface area contributed by atoms with Crippen molar-refractivity contribution in [3.05, 3.63) is 54.4 Å². The van der Waals surface area contributed by atoms with E-state index in [0.717, 1.165) is 41.8 Å². The number of aryl methyl sites for hydroxylation is 1. The van der Waals surface area contributed by atoms with Crippen LogP contribution in [0.25, 0.3) is 22.2 Å². The molecule has 0 saturated carbocycles. The van der Waals surface area contributed by atoms with Gasteiger partial charge in [-0.05, 0) is 18.1 Å². The third-order valence-electron chi connectivity index (χ3n) is 3.29. The molecule has 2 heteroatoms. The summed E-state index contributed by atoms with van der Waals surface area (Å²) in [5.41, 5.74) is 4.18. The number of hydrogen-bond donors (Lipinski definition) is 0. The lowest BCUT2D eigenvalue weighted by Crippen LogP contribution is -1.84. The number of rotatable bonds is 4. The molecule has 0 N–H and O–H groups in total. The summed E-state index contributed by atoms with van der Waals surface area (Å²) in [4.78, 5) is 4.66. The Morgan fingerprint density at radius 1 is 1.00 bits per heavy atom. The first-order valence-electron chi connectivity index (χ1n) is 6.82. The maximum absolute atomic E-state index is 5.82. The van der Waals surface area contributed by atoms with Crippen LogP contribution in [0, 0.1) is 0 Å². The standard InChI is InChI=1S/C17H17NO/c1-2-3-12-16-18-17-14(10-7-11-15(17)19-16)13-8-5-4-6-9-13/h4-11H,2-3,12H2,1H3. The van der Waals surface area contributed by atoms with Gasteiger partial charge in [-0.15, -0.1) is 0 Å². The zero-order valence-corrected chi connectivity index (χ0v) is 11.1. The summed E-state index contributed by atoms with van der Waals surface area (Å²) in [5.74, 6) is 0.847. The second-order valence-electron chi connectivity index (χ2n) is 4.73. The number of unbranched alkanes of at least 4 members (excludes halogenated alkanes) is 1. The molecule has 1 heterocycles. The molecule has 0 atom stereocenters. The van der Waals surface area contributed by atoms with Gasteiger partial charge in [0.25, 0.3) is 0 Å². The Morgan fingerprint density at radius 3 is 2.63 bits per heavy atom. The Morgan fingerprint density at radius 2 is 1.84 bits per heavy atom. The predicted octanol–water partition coefficient (Wildman–Crippen LogP) is 4.84. The van der Waals surface area contributed by atoms with Crippen molar-refractivity contribution in [2.75, 3.05) is 0 Å². The van der Waals surface area contributed by atoms with Crippen molar-refractivity contribution >= 4 is 11.1 Å². The monoisotopic (exact) mass is 251 g/mol. The summed E-state index contributed by atoms with van der Waals surface area (Å²) < 4.78 is 5.82. The molecule has 0 bridgehead atoms. The van der Waals surface area contributed by atoms with E-state index in [-0.39, 0.29) is 0 Å². The van der Waals surface area contributed by atoms with Crippen LogP contribution in [-0.2, 0) is 6.42 Å². The van der Waals surface area contributed by atoms with Crippen LogP contribution in [0.4, 0.5) is 0 Å². The summed E-state index contributed by atoms with van der Waals surface area (Å²) in [6.07, 6.45) is 3.19. The van der Waals surface area contributed by atoms with Crippen LogP contribution in [0.15, 0.2) is 52.9 Å². The minimum absolute atomic E-state index is 0.847. The molecule has 0 aliphatic rings. The molecule has 3 aromatic rings. The van der Waals surface area contributed by atoms with Gasteiger partial charge >= 0.3 is 0 Å². The molecule has 19 heavy (non-hydrogen) atoms. The Hall–Kier alpha value is -2.09. The number of hydrogen-bond acceptors (Lipinski definition) is 2. The van der Waals surface area contributed by atoms with E-state index in [4.69, 9.17) is 4.42 Å². The van der Waals surface area contributed by atoms with Crippen LogP contribution >= 0.6 is 0 Å². The first-order valence-corrected chi connectivity index (χ1v) is 6.82. The zero-order valence-electron chi connectivity index (χ0n) is 11.1. The second kappa shape index (κ2) is 5.27. The molecular weight excluding hydrogens is 234 g/mol. The van der Waals surface area contributed by atoms with Crippen LogP contribution < -0.4 is 0 Å². The molecule has 96 valence electrons. The number of nitrogens with zero attached hydrogens (tertiary/aromatic N) is 1. The molecule has 0 amide bonds. The van der Waals surface area contributed by atoms with Crippen molar-refractivity contribution in [1.29, 1.82) is 0 Å². The first kappa shape index (κ1) is 12.0. The number of para-hydroxylation sites is 1. The predicted molar refractivity (Wildman–Crippen MR) is 78.1 cm³/mol. The van der Waals surface area contributed by atoms with Crippen LogP contribution in [0.5, 0.6) is 0 Å². The van der Waals surface area contributed by atoms with Gasteiger partial charge in [0.1, 0.15) is 5.52 Å². The third-order valence-corrected chi connectivity index (χ3v) is 3.29. The van der Waals surface area contributed by atoms with E-state index < -0.39 is 0 Å². The minimum atomic E-state index is 0.847. The van der Waals surface area contributed by atoms with Gasteiger partial charge in [0.15, 0.2) is 11.5 Å². The molecule has 1 aromatic heterocycles. The van der Waals surface area contributed by atoms with E-state index in [9.17, 15) is 0 Å². The fourth-order valence-corrected chi connectivity index (χ4v) is 2.28. The van der Waals surface area contributed by atoms with Gasteiger partial charge in [0.05, 0.1) is 0 Å². The maximum Gasteiger partial charge on any atom is 0.195 e. The third kappa shape index (κ3) is 2.39. The second-order valence-corrected chi connectivity index (χ2v) is 4.73. The van der Waals surface area contributed by atoms with Gasteiger partial charge in [-0.25, -0.2) is 4.98 Å². The summed E-state index contributed by atoms with van der Waals surface area (Å²) in [6.45, 7) is 2.18. The van der Waals surface area contributed by atoms with Crippen molar-refractivity contribution in [3.63, 3.8) is 0 Å². The van der Waals surface area contributed by atoms with Crippen LogP contribution in [0.2, 0.25) is 0 Å². The van der Waals surface area contributed by atoms with Gasteiger partial charge in [0.2, 0.25) is 0 Å². The van der Waals surface area contributed by atoms with Crippen molar-refractivity contribution < 1.29 is 4.42 Å². The number of oxazole rings is 1. The van der Waals surface area contributed by atoms with E-state index in [1.165, 1.54) is 5.56 Å². The highest BCUT2D eigenvalue weighted by Crippen LogP contribution is 2.28. The topological polar surface area (TPSA) is 26.0 Å². The molecule has 0 spiro atoms. The Balaban J connectivity index is 2.08. The number of benzene rings is 2. The smallest absolute Gasteiger partial charge is 0.195 e. The van der Waals surface area contributed by atoms with Crippen LogP contribution in [-0.4, -0.2) is 4.98 Å². The summed E-state index contributed by atoms with van der Waals surface area (Å²) >= 11 is 0. The van der Waals surface area contributed by atoms with Gasteiger partial charge in [-0.3, -0.25) is 0 Å². The van der Waals surface area contributed by atoms with Crippen molar-refractivity contribution in [2.24, 2.45) is 0 Å². The van der Waals surface area contributed by atoms with Crippen LogP contribution in [0.1, 0.15) is 25.7 Å². The van der Waals surface area contributed by atoms with E-state index in [1.54, 1.807) is 0 Å². The van der Waals surface area contributed by atoms with E-state index >= 15 is 0 Å². The molecule has 0 fully saturated rings. The first-order chi connectivity index (χ1) is 9.38. The van der Waals surface area contributed by atoms with Crippen molar-refractivity contribution in [3.8, 4) is 11.1 Å².